The Labute approximate surface area is 249 Å². The Hall–Kier alpha value is -4.97. The highest BCUT2D eigenvalue weighted by molar-refractivity contribution is 7.26. The summed E-state index contributed by atoms with van der Waals surface area (Å²) in [5.41, 5.74) is 9.46. The van der Waals surface area contributed by atoms with E-state index in [2.05, 4.69) is 113 Å². The molecule has 8 aromatic rings. The number of nitrogens with two attached hydrogens (primary N) is 1. The largest absolute Gasteiger partial charge is 0.460 e. The van der Waals surface area contributed by atoms with Crippen molar-refractivity contribution in [2.24, 2.45) is 4.99 Å². The number of hydrogen-bond donors (Lipinski definition) is 1. The zero-order chi connectivity index (χ0) is 27.8. The van der Waals surface area contributed by atoms with Gasteiger partial charge in [-0.25, -0.2) is 4.99 Å². The van der Waals surface area contributed by atoms with Gasteiger partial charge in [0.15, 0.2) is 11.7 Å². The topological polar surface area (TPSA) is 46.5 Å². The molecule has 2 N–H and O–H groups in total. The van der Waals surface area contributed by atoms with Gasteiger partial charge in [-0.2, -0.15) is 0 Å². The molecule has 0 saturated heterocycles. The first-order valence-electron chi connectivity index (χ1n) is 15.0. The number of aryl methyl sites for hydroxylation is 1. The van der Waals surface area contributed by atoms with Crippen molar-refractivity contribution >= 4 is 93.0 Å². The average molecular weight is 571 g/mol. The predicted molar refractivity (Wildman–Crippen MR) is 180 cm³/mol. The summed E-state index contributed by atoms with van der Waals surface area (Å²) < 4.78 is 11.3. The fourth-order valence-corrected chi connectivity index (χ4v) is 8.93. The lowest BCUT2D eigenvalue weighted by atomic mass is 9.97. The minimum absolute atomic E-state index is 0.213. The van der Waals surface area contributed by atoms with Crippen LogP contribution in [-0.4, -0.2) is 16.2 Å². The summed E-state index contributed by atoms with van der Waals surface area (Å²) in [6.45, 7) is 0. The third kappa shape index (κ3) is 2.86. The maximum absolute atomic E-state index is 6.22. The molecule has 0 bridgehead atoms. The van der Waals surface area contributed by atoms with Crippen LogP contribution in [0.25, 0.3) is 75.5 Å². The second-order valence-corrected chi connectivity index (χ2v) is 13.1. The molecule has 0 radical (unpaired) electrons. The third-order valence-corrected chi connectivity index (χ3v) is 10.8. The molecule has 1 unspecified atom stereocenters. The summed E-state index contributed by atoms with van der Waals surface area (Å²) in [5, 5.41) is 10.2. The molecule has 4 nitrogen and oxygen atoms in total. The van der Waals surface area contributed by atoms with E-state index in [1.165, 1.54) is 75.1 Å². The molecule has 0 fully saturated rings. The van der Waals surface area contributed by atoms with Gasteiger partial charge >= 0.3 is 0 Å². The van der Waals surface area contributed by atoms with Crippen LogP contribution in [0.2, 0.25) is 0 Å². The molecule has 202 valence electrons. The van der Waals surface area contributed by atoms with E-state index in [9.17, 15) is 0 Å². The Kier molecular flexibility index (Phi) is 4.15. The number of fused-ring (bicyclic) bond motifs is 14. The quantitative estimate of drug-likeness (QED) is 0.210. The molecule has 11 rings (SSSR count). The van der Waals surface area contributed by atoms with Crippen LogP contribution >= 0.6 is 11.3 Å². The first-order chi connectivity index (χ1) is 21.3. The molecule has 0 saturated carbocycles. The van der Waals surface area contributed by atoms with Gasteiger partial charge < -0.3 is 4.42 Å². The molecular weight excluding hydrogens is 547 g/mol. The Balaban J connectivity index is 1.26. The lowest BCUT2D eigenvalue weighted by molar-refractivity contribution is -0.580. The molecular formula is C38H24N3OS+. The normalized spacial score (nSPS) is 17.6. The van der Waals surface area contributed by atoms with Crippen molar-refractivity contribution in [3.05, 3.63) is 108 Å². The maximum atomic E-state index is 6.22. The number of aliphatic imine (C=N–C) groups is 1. The Morgan fingerprint density at radius 1 is 0.837 bits per heavy atom. The second-order valence-electron chi connectivity index (χ2n) is 12.0. The van der Waals surface area contributed by atoms with E-state index in [0.717, 1.165) is 35.7 Å². The molecule has 1 aliphatic heterocycles. The molecule has 5 heteroatoms. The van der Waals surface area contributed by atoms with Crippen molar-refractivity contribution in [3.63, 3.8) is 0 Å². The molecule has 0 amide bonds. The summed E-state index contributed by atoms with van der Waals surface area (Å²) in [7, 11) is 0. The van der Waals surface area contributed by atoms with E-state index >= 15 is 0 Å². The summed E-state index contributed by atoms with van der Waals surface area (Å²) in [6, 6.07) is 25.1. The van der Waals surface area contributed by atoms with E-state index in [1.54, 1.807) is 0 Å². The van der Waals surface area contributed by atoms with Gasteiger partial charge in [0.1, 0.15) is 17.1 Å². The summed E-state index contributed by atoms with van der Waals surface area (Å²) in [4.78, 5) is 5.32. The molecule has 4 aromatic carbocycles. The van der Waals surface area contributed by atoms with Gasteiger partial charge in [-0.05, 0) is 60.0 Å². The van der Waals surface area contributed by atoms with Crippen molar-refractivity contribution in [3.8, 4) is 11.1 Å². The fraction of sp³-hybridized carbons (Fsp3) is 0.0789. The highest BCUT2D eigenvalue weighted by Gasteiger charge is 2.33. The van der Waals surface area contributed by atoms with Crippen molar-refractivity contribution in [1.82, 2.24) is 4.40 Å². The van der Waals surface area contributed by atoms with Gasteiger partial charge in [-0.3, -0.25) is 9.72 Å². The molecule has 0 spiro atoms. The molecule has 5 heterocycles. The number of aromatic nitrogens is 1. The molecule has 2 aliphatic carbocycles. The summed E-state index contributed by atoms with van der Waals surface area (Å²) in [5.74, 6) is 2.15. The van der Waals surface area contributed by atoms with Crippen LogP contribution in [0.1, 0.15) is 17.7 Å². The lowest BCUT2D eigenvalue weighted by Gasteiger charge is -2.18. The number of quaternary nitrogens is 1. The van der Waals surface area contributed by atoms with Gasteiger partial charge in [-0.15, -0.1) is 11.3 Å². The van der Waals surface area contributed by atoms with E-state index in [4.69, 9.17) is 9.41 Å². The van der Waals surface area contributed by atoms with Crippen molar-refractivity contribution < 1.29 is 9.73 Å². The maximum Gasteiger partial charge on any atom is 0.201 e. The Bertz CT molecular complexity index is 2660. The minimum atomic E-state index is 0.213. The van der Waals surface area contributed by atoms with Crippen LogP contribution in [0.3, 0.4) is 0 Å². The number of hydrogen-bond acceptors (Lipinski definition) is 3. The Morgan fingerprint density at radius 2 is 1.77 bits per heavy atom. The monoisotopic (exact) mass is 570 g/mol. The standard InChI is InChI=1S/C38H23N3OS/c1-5-11-30-22(7-1)25-17-20(14-16-31(25)42-30)21-13-15-23-29(18-21)41-37-26(36-38(41)40-28-10-4-3-9-27(28)39-36)19-33-34(35(23)37)24-8-2-6-12-32(24)43-33/h1-4,6-10,12-19,27,39H,5,11H2/p+1. The molecule has 43 heavy (non-hydrogen) atoms. The fourth-order valence-electron chi connectivity index (χ4n) is 7.77. The van der Waals surface area contributed by atoms with Crippen LogP contribution in [0.4, 0.5) is 11.5 Å². The number of furan rings is 1. The number of thiophene rings is 1. The van der Waals surface area contributed by atoms with Crippen LogP contribution < -0.4 is 5.32 Å². The molecule has 4 aromatic heterocycles. The number of allylic oxidation sites excluding steroid dienone is 3. The molecule has 1 atom stereocenters. The van der Waals surface area contributed by atoms with E-state index in [-0.39, 0.29) is 6.04 Å². The van der Waals surface area contributed by atoms with Gasteiger partial charge in [0, 0.05) is 48.3 Å². The first-order valence-corrected chi connectivity index (χ1v) is 15.8. The second kappa shape index (κ2) is 7.90. The number of rotatable bonds is 1. The van der Waals surface area contributed by atoms with Crippen molar-refractivity contribution in [2.75, 3.05) is 0 Å². The van der Waals surface area contributed by atoms with Crippen LogP contribution in [0, 0.1) is 0 Å². The lowest BCUT2D eigenvalue weighted by Crippen LogP contribution is -2.87. The van der Waals surface area contributed by atoms with Crippen LogP contribution in [-0.2, 0) is 6.42 Å². The molecule has 3 aliphatic rings. The summed E-state index contributed by atoms with van der Waals surface area (Å²) >= 11 is 1.90. The van der Waals surface area contributed by atoms with Crippen molar-refractivity contribution in [2.45, 2.75) is 18.9 Å². The van der Waals surface area contributed by atoms with Gasteiger partial charge in [-0.1, -0.05) is 60.7 Å². The van der Waals surface area contributed by atoms with Crippen LogP contribution in [0.5, 0.6) is 0 Å². The first kappa shape index (κ1) is 22.6. The summed E-state index contributed by atoms with van der Waals surface area (Å²) in [6.07, 6.45) is 15.1. The minimum Gasteiger partial charge on any atom is -0.460 e. The van der Waals surface area contributed by atoms with E-state index in [1.807, 2.05) is 11.3 Å². The number of nitrogens with zero attached hydrogens (tertiary/aromatic N) is 2. The van der Waals surface area contributed by atoms with E-state index < -0.39 is 0 Å². The zero-order valence-corrected chi connectivity index (χ0v) is 23.9. The van der Waals surface area contributed by atoms with Gasteiger partial charge in [0.25, 0.3) is 0 Å². The SMILES string of the molecule is C1=CC2=Nc3c(c4cc5sc6ccccc6c5c5c6ccc(-c7ccc8oc9c(c8c7)C=CCC9)cc6n3c45)[NH2+]C2C=C1. The van der Waals surface area contributed by atoms with Crippen molar-refractivity contribution in [1.29, 1.82) is 0 Å². The highest BCUT2D eigenvalue weighted by Crippen LogP contribution is 2.50. The Morgan fingerprint density at radius 3 is 2.77 bits per heavy atom. The smallest absolute Gasteiger partial charge is 0.201 e. The number of benzene rings is 4. The third-order valence-electron chi connectivity index (χ3n) is 9.69. The van der Waals surface area contributed by atoms with E-state index in [0.29, 0.717) is 0 Å². The van der Waals surface area contributed by atoms with Crippen LogP contribution in [0.15, 0.2) is 107 Å². The van der Waals surface area contributed by atoms with Gasteiger partial charge in [0.2, 0.25) is 5.82 Å². The predicted octanol–water partition coefficient (Wildman–Crippen LogP) is 9.20. The zero-order valence-electron chi connectivity index (χ0n) is 23.1. The highest BCUT2D eigenvalue weighted by atomic mass is 32.1. The average Bonchev–Trinajstić information content (AvgIpc) is 3.79. The van der Waals surface area contributed by atoms with Gasteiger partial charge in [0.05, 0.1) is 16.4 Å².